The summed E-state index contributed by atoms with van der Waals surface area (Å²) in [5, 5.41) is 0. The second-order valence-corrected chi connectivity index (χ2v) is 3.01. The Hall–Kier alpha value is -1.38. The molecular formula is C12H19NO2. The molecule has 0 heterocycles. The van der Waals surface area contributed by atoms with E-state index in [1.165, 1.54) is 0 Å². The Labute approximate surface area is 91.5 Å². The van der Waals surface area contributed by atoms with Crippen molar-refractivity contribution >= 4 is 12.2 Å². The summed E-state index contributed by atoms with van der Waals surface area (Å²) in [5.74, 6) is -0.379. The normalized spacial score (nSPS) is 11.1. The van der Waals surface area contributed by atoms with Gasteiger partial charge in [0.05, 0.1) is 12.2 Å². The molecule has 0 aromatic carbocycles. The van der Waals surface area contributed by atoms with Crippen molar-refractivity contribution in [2.24, 2.45) is 4.99 Å². The molecule has 0 aliphatic rings. The average molecular weight is 209 g/mol. The molecule has 0 rings (SSSR count). The molecule has 0 N–H and O–H groups in total. The number of ether oxygens (including phenoxy) is 1. The average Bonchev–Trinajstić information content (AvgIpc) is 2.23. The summed E-state index contributed by atoms with van der Waals surface area (Å²) in [6.07, 6.45) is 7.21. The lowest BCUT2D eigenvalue weighted by Crippen LogP contribution is -2.04. The molecule has 0 fully saturated rings. The highest BCUT2D eigenvalue weighted by Gasteiger charge is 2.01. The lowest BCUT2D eigenvalue weighted by molar-refractivity contribution is -0.138. The van der Waals surface area contributed by atoms with E-state index < -0.39 is 0 Å². The minimum atomic E-state index is -0.379. The summed E-state index contributed by atoms with van der Waals surface area (Å²) < 4.78 is 4.77. The van der Waals surface area contributed by atoms with Gasteiger partial charge in [0, 0.05) is 12.8 Å². The quantitative estimate of drug-likeness (QED) is 0.212. The van der Waals surface area contributed by atoms with Crippen molar-refractivity contribution in [1.29, 1.82) is 0 Å². The minimum absolute atomic E-state index is 0.346. The molecule has 0 radical (unpaired) electrons. The third kappa shape index (κ3) is 7.67. The number of nitrogens with zero attached hydrogens (tertiary/aromatic N) is 1. The molecule has 3 heteroatoms. The van der Waals surface area contributed by atoms with Crippen molar-refractivity contribution in [1.82, 2.24) is 0 Å². The van der Waals surface area contributed by atoms with Crippen LogP contribution in [-0.2, 0) is 9.53 Å². The van der Waals surface area contributed by atoms with Gasteiger partial charge < -0.3 is 4.74 Å². The van der Waals surface area contributed by atoms with Crippen LogP contribution in [0.2, 0.25) is 0 Å². The Morgan fingerprint density at radius 1 is 1.47 bits per heavy atom. The van der Waals surface area contributed by atoms with Crippen molar-refractivity contribution in [3.05, 3.63) is 24.3 Å². The molecule has 0 saturated heterocycles. The van der Waals surface area contributed by atoms with Crippen LogP contribution in [0.25, 0.3) is 0 Å². The molecule has 0 spiro atoms. The largest absolute Gasteiger partial charge is 0.462 e. The fraction of sp³-hybridized carbons (Fsp3) is 0.500. The summed E-state index contributed by atoms with van der Waals surface area (Å²) in [5.41, 5.74) is 0.346. The van der Waals surface area contributed by atoms with Crippen molar-refractivity contribution in [3.63, 3.8) is 0 Å². The van der Waals surface area contributed by atoms with E-state index in [-0.39, 0.29) is 5.97 Å². The van der Waals surface area contributed by atoms with Gasteiger partial charge in [-0.25, -0.2) is 4.79 Å². The monoisotopic (exact) mass is 209 g/mol. The Morgan fingerprint density at radius 3 is 2.80 bits per heavy atom. The molecule has 0 aliphatic carbocycles. The van der Waals surface area contributed by atoms with Crippen LogP contribution in [-0.4, -0.2) is 25.3 Å². The van der Waals surface area contributed by atoms with Crippen LogP contribution in [0.5, 0.6) is 0 Å². The lowest BCUT2D eigenvalue weighted by Gasteiger charge is -1.98. The van der Waals surface area contributed by atoms with Gasteiger partial charge in [0.25, 0.3) is 0 Å². The van der Waals surface area contributed by atoms with Gasteiger partial charge in [-0.2, -0.15) is 0 Å². The maximum absolute atomic E-state index is 11.1. The van der Waals surface area contributed by atoms with E-state index in [1.54, 1.807) is 25.3 Å². The first-order valence-corrected chi connectivity index (χ1v) is 5.24. The predicted octanol–water partition coefficient (Wildman–Crippen LogP) is 2.53. The van der Waals surface area contributed by atoms with Gasteiger partial charge in [0.15, 0.2) is 0 Å². The zero-order chi connectivity index (χ0) is 11.5. The summed E-state index contributed by atoms with van der Waals surface area (Å²) >= 11 is 0. The molecule has 0 amide bonds. The van der Waals surface area contributed by atoms with Crippen LogP contribution in [0, 0.1) is 0 Å². The molecule has 0 aromatic rings. The fourth-order valence-electron chi connectivity index (χ4n) is 0.836. The number of allylic oxidation sites excluding steroid dienone is 1. The number of hydrogen-bond acceptors (Lipinski definition) is 3. The van der Waals surface area contributed by atoms with E-state index in [0.29, 0.717) is 12.2 Å². The molecule has 0 atom stereocenters. The van der Waals surface area contributed by atoms with Gasteiger partial charge in [0.2, 0.25) is 0 Å². The molecule has 0 aromatic heterocycles. The first-order chi connectivity index (χ1) is 7.22. The van der Waals surface area contributed by atoms with E-state index >= 15 is 0 Å². The van der Waals surface area contributed by atoms with Crippen LogP contribution in [0.4, 0.5) is 0 Å². The maximum atomic E-state index is 11.1. The first kappa shape index (κ1) is 13.6. The second-order valence-electron chi connectivity index (χ2n) is 3.01. The molecule has 0 bridgehead atoms. The van der Waals surface area contributed by atoms with Gasteiger partial charge in [-0.05, 0) is 25.5 Å². The standard InChI is InChI=1S/C12H19NO2/c1-4-6-9-13-10-7-8-11(3)12(14)15-5-2/h7-8,10H,3-6,9H2,1-2H3/b8-7-,13-10?. The summed E-state index contributed by atoms with van der Waals surface area (Å²) in [7, 11) is 0. The summed E-state index contributed by atoms with van der Waals surface area (Å²) in [6, 6.07) is 0. The lowest BCUT2D eigenvalue weighted by atomic mass is 10.3. The number of carbonyl (C=O) groups excluding carboxylic acids is 1. The third-order valence-electron chi connectivity index (χ3n) is 1.67. The van der Waals surface area contributed by atoms with Crippen molar-refractivity contribution in [2.45, 2.75) is 26.7 Å². The molecule has 84 valence electrons. The fourth-order valence-corrected chi connectivity index (χ4v) is 0.836. The van der Waals surface area contributed by atoms with Gasteiger partial charge >= 0.3 is 5.97 Å². The van der Waals surface area contributed by atoms with Crippen LogP contribution < -0.4 is 0 Å². The topological polar surface area (TPSA) is 38.7 Å². The van der Waals surface area contributed by atoms with E-state index in [4.69, 9.17) is 4.74 Å². The van der Waals surface area contributed by atoms with Crippen LogP contribution in [0.1, 0.15) is 26.7 Å². The first-order valence-electron chi connectivity index (χ1n) is 5.24. The summed E-state index contributed by atoms with van der Waals surface area (Å²) in [6.45, 7) is 8.67. The molecule has 15 heavy (non-hydrogen) atoms. The Morgan fingerprint density at radius 2 is 2.20 bits per heavy atom. The molecule has 0 aliphatic heterocycles. The maximum Gasteiger partial charge on any atom is 0.337 e. The number of esters is 1. The van der Waals surface area contributed by atoms with Gasteiger partial charge in [-0.3, -0.25) is 4.99 Å². The number of aliphatic imine (C=N–C) groups is 1. The number of rotatable bonds is 7. The van der Waals surface area contributed by atoms with Crippen LogP contribution in [0.3, 0.4) is 0 Å². The molecule has 0 saturated carbocycles. The Balaban J connectivity index is 3.80. The predicted molar refractivity (Wildman–Crippen MR) is 63.2 cm³/mol. The Kier molecular flexibility index (Phi) is 8.34. The van der Waals surface area contributed by atoms with Crippen molar-refractivity contribution in [2.75, 3.05) is 13.2 Å². The smallest absolute Gasteiger partial charge is 0.337 e. The number of carbonyl (C=O) groups is 1. The van der Waals surface area contributed by atoms with Crippen LogP contribution >= 0.6 is 0 Å². The third-order valence-corrected chi connectivity index (χ3v) is 1.67. The van der Waals surface area contributed by atoms with Crippen LogP contribution in [0.15, 0.2) is 29.3 Å². The van der Waals surface area contributed by atoms with Gasteiger partial charge in [0.1, 0.15) is 0 Å². The molecule has 0 unspecified atom stereocenters. The highest BCUT2D eigenvalue weighted by atomic mass is 16.5. The highest BCUT2D eigenvalue weighted by molar-refractivity contribution is 5.92. The minimum Gasteiger partial charge on any atom is -0.462 e. The van der Waals surface area contributed by atoms with E-state index in [0.717, 1.165) is 19.4 Å². The second kappa shape index (κ2) is 9.19. The SMILES string of the molecule is C=C(/C=C\C=NCCCC)C(=O)OCC. The Bertz CT molecular complexity index is 254. The van der Waals surface area contributed by atoms with Crippen molar-refractivity contribution in [3.8, 4) is 0 Å². The molecular weight excluding hydrogens is 190 g/mol. The van der Waals surface area contributed by atoms with Crippen molar-refractivity contribution < 1.29 is 9.53 Å². The summed E-state index contributed by atoms with van der Waals surface area (Å²) in [4.78, 5) is 15.2. The number of hydrogen-bond donors (Lipinski definition) is 0. The number of unbranched alkanes of at least 4 members (excludes halogenated alkanes) is 1. The van der Waals surface area contributed by atoms with Gasteiger partial charge in [-0.15, -0.1) is 0 Å². The zero-order valence-electron chi connectivity index (χ0n) is 9.53. The zero-order valence-corrected chi connectivity index (χ0v) is 9.53. The van der Waals surface area contributed by atoms with Gasteiger partial charge in [-0.1, -0.05) is 19.9 Å². The van der Waals surface area contributed by atoms with E-state index in [1.807, 2.05) is 0 Å². The van der Waals surface area contributed by atoms with E-state index in [9.17, 15) is 4.79 Å². The van der Waals surface area contributed by atoms with E-state index in [2.05, 4.69) is 18.5 Å². The molecule has 3 nitrogen and oxygen atoms in total. The highest BCUT2D eigenvalue weighted by Crippen LogP contribution is 1.96.